The SMILES string of the molecule is Cc1nnc(CN=C(NCCC(C)c2cccc(C(F)(F)F)c2)NC2CCCC2)n1C. The number of aliphatic imine (C=N–C) groups is 1. The molecule has 0 saturated heterocycles. The number of rotatable bonds is 7. The molecular formula is C22H31F3N6. The molecule has 3 rings (SSSR count). The van der Waals surface area contributed by atoms with Crippen molar-refractivity contribution in [1.82, 2.24) is 25.4 Å². The van der Waals surface area contributed by atoms with E-state index in [1.165, 1.54) is 25.0 Å². The highest BCUT2D eigenvalue weighted by atomic mass is 19.4. The second-order valence-electron chi connectivity index (χ2n) is 8.25. The van der Waals surface area contributed by atoms with Crippen LogP contribution in [0.5, 0.6) is 0 Å². The lowest BCUT2D eigenvalue weighted by molar-refractivity contribution is -0.137. The molecule has 0 bridgehead atoms. The normalized spacial score (nSPS) is 16.5. The Kier molecular flexibility index (Phi) is 7.56. The lowest BCUT2D eigenvalue weighted by Gasteiger charge is -2.19. The zero-order valence-electron chi connectivity index (χ0n) is 18.3. The monoisotopic (exact) mass is 436 g/mol. The number of benzene rings is 1. The Morgan fingerprint density at radius 1 is 1.26 bits per heavy atom. The summed E-state index contributed by atoms with van der Waals surface area (Å²) in [4.78, 5) is 4.67. The van der Waals surface area contributed by atoms with Crippen LogP contribution in [0.4, 0.5) is 13.2 Å². The van der Waals surface area contributed by atoms with Crippen LogP contribution in [0.25, 0.3) is 0 Å². The highest BCUT2D eigenvalue weighted by Gasteiger charge is 2.30. The maximum Gasteiger partial charge on any atom is 0.416 e. The van der Waals surface area contributed by atoms with E-state index in [9.17, 15) is 13.2 Å². The van der Waals surface area contributed by atoms with Gasteiger partial charge in [-0.15, -0.1) is 10.2 Å². The predicted molar refractivity (Wildman–Crippen MR) is 115 cm³/mol. The number of hydrogen-bond donors (Lipinski definition) is 2. The Bertz CT molecular complexity index is 884. The molecule has 2 N–H and O–H groups in total. The molecule has 2 aromatic rings. The van der Waals surface area contributed by atoms with Crippen LogP contribution in [0.1, 0.15) is 67.7 Å². The second-order valence-corrected chi connectivity index (χ2v) is 8.25. The molecule has 1 aromatic heterocycles. The van der Waals surface area contributed by atoms with Crippen molar-refractivity contribution in [3.63, 3.8) is 0 Å². The first-order valence-electron chi connectivity index (χ1n) is 10.8. The van der Waals surface area contributed by atoms with E-state index in [0.29, 0.717) is 37.1 Å². The van der Waals surface area contributed by atoms with Gasteiger partial charge in [0, 0.05) is 19.6 Å². The summed E-state index contributed by atoms with van der Waals surface area (Å²) in [5.74, 6) is 2.31. The van der Waals surface area contributed by atoms with Crippen LogP contribution in [-0.4, -0.2) is 33.3 Å². The molecule has 1 aliphatic rings. The van der Waals surface area contributed by atoms with Gasteiger partial charge >= 0.3 is 6.18 Å². The van der Waals surface area contributed by atoms with Crippen LogP contribution in [0.2, 0.25) is 0 Å². The zero-order chi connectivity index (χ0) is 22.4. The van der Waals surface area contributed by atoms with Gasteiger partial charge in [0.1, 0.15) is 12.4 Å². The van der Waals surface area contributed by atoms with Crippen molar-refractivity contribution >= 4 is 5.96 Å². The van der Waals surface area contributed by atoms with Crippen LogP contribution >= 0.6 is 0 Å². The van der Waals surface area contributed by atoms with Crippen LogP contribution in [0, 0.1) is 6.92 Å². The molecule has 0 amide bonds. The highest BCUT2D eigenvalue weighted by molar-refractivity contribution is 5.80. The minimum atomic E-state index is -4.32. The van der Waals surface area contributed by atoms with Crippen molar-refractivity contribution in [2.75, 3.05) is 6.54 Å². The number of hydrogen-bond acceptors (Lipinski definition) is 3. The van der Waals surface area contributed by atoms with E-state index in [0.717, 1.165) is 30.6 Å². The van der Waals surface area contributed by atoms with Gasteiger partial charge in [-0.25, -0.2) is 4.99 Å². The molecule has 1 unspecified atom stereocenters. The van der Waals surface area contributed by atoms with Crippen LogP contribution in [-0.2, 0) is 19.8 Å². The topological polar surface area (TPSA) is 67.1 Å². The maximum atomic E-state index is 13.0. The van der Waals surface area contributed by atoms with Crippen molar-refractivity contribution in [2.24, 2.45) is 12.0 Å². The first-order chi connectivity index (χ1) is 14.7. The Labute approximate surface area is 181 Å². The summed E-state index contributed by atoms with van der Waals surface area (Å²) in [6, 6.07) is 5.97. The van der Waals surface area contributed by atoms with Gasteiger partial charge in [-0.1, -0.05) is 38.0 Å². The fraction of sp³-hybridized carbons (Fsp3) is 0.591. The average molecular weight is 437 g/mol. The molecule has 1 saturated carbocycles. The first-order valence-corrected chi connectivity index (χ1v) is 10.8. The molecule has 6 nitrogen and oxygen atoms in total. The van der Waals surface area contributed by atoms with Crippen molar-refractivity contribution in [1.29, 1.82) is 0 Å². The number of alkyl halides is 3. The Morgan fingerprint density at radius 2 is 2.00 bits per heavy atom. The summed E-state index contributed by atoms with van der Waals surface area (Å²) in [6.07, 6.45) is 1.02. The minimum Gasteiger partial charge on any atom is -0.356 e. The Balaban J connectivity index is 1.60. The number of aryl methyl sites for hydroxylation is 1. The van der Waals surface area contributed by atoms with Crippen molar-refractivity contribution in [3.05, 3.63) is 47.0 Å². The van der Waals surface area contributed by atoms with E-state index in [1.807, 2.05) is 25.5 Å². The quantitative estimate of drug-likeness (QED) is 0.501. The summed E-state index contributed by atoms with van der Waals surface area (Å²) in [5, 5.41) is 15.1. The molecule has 1 atom stereocenters. The van der Waals surface area contributed by atoms with Crippen molar-refractivity contribution in [2.45, 2.75) is 70.6 Å². The second kappa shape index (κ2) is 10.2. The zero-order valence-corrected chi connectivity index (χ0v) is 18.3. The summed E-state index contributed by atoms with van der Waals surface area (Å²) >= 11 is 0. The third-order valence-corrected chi connectivity index (χ3v) is 5.91. The highest BCUT2D eigenvalue weighted by Crippen LogP contribution is 2.31. The molecule has 1 aliphatic carbocycles. The van der Waals surface area contributed by atoms with E-state index < -0.39 is 11.7 Å². The smallest absolute Gasteiger partial charge is 0.356 e. The van der Waals surface area contributed by atoms with Gasteiger partial charge < -0.3 is 15.2 Å². The van der Waals surface area contributed by atoms with E-state index in [2.05, 4.69) is 25.8 Å². The third kappa shape index (κ3) is 6.45. The van der Waals surface area contributed by atoms with Gasteiger partial charge in [0.2, 0.25) is 0 Å². The van der Waals surface area contributed by atoms with E-state index in [4.69, 9.17) is 0 Å². The largest absolute Gasteiger partial charge is 0.416 e. The molecule has 0 radical (unpaired) electrons. The molecule has 9 heteroatoms. The molecule has 170 valence electrons. The van der Waals surface area contributed by atoms with Gasteiger partial charge in [-0.3, -0.25) is 0 Å². The fourth-order valence-corrected chi connectivity index (χ4v) is 3.75. The number of nitrogens with zero attached hydrogens (tertiary/aromatic N) is 4. The lowest BCUT2D eigenvalue weighted by Crippen LogP contribution is -2.43. The molecule has 1 fully saturated rings. The molecule has 1 heterocycles. The Hall–Kier alpha value is -2.58. The summed E-state index contributed by atoms with van der Waals surface area (Å²) in [7, 11) is 1.91. The fourth-order valence-electron chi connectivity index (χ4n) is 3.75. The average Bonchev–Trinajstić information content (AvgIpc) is 3.36. The van der Waals surface area contributed by atoms with E-state index in [-0.39, 0.29) is 5.92 Å². The summed E-state index contributed by atoms with van der Waals surface area (Å²) in [5.41, 5.74) is 0.0855. The number of aromatic nitrogens is 3. The number of nitrogens with one attached hydrogen (secondary N) is 2. The number of halogens is 3. The van der Waals surface area contributed by atoms with E-state index in [1.54, 1.807) is 6.07 Å². The van der Waals surface area contributed by atoms with Crippen LogP contribution in [0.15, 0.2) is 29.3 Å². The number of guanidine groups is 1. The molecular weight excluding hydrogens is 405 g/mol. The lowest BCUT2D eigenvalue weighted by atomic mass is 9.96. The van der Waals surface area contributed by atoms with Gasteiger partial charge in [-0.2, -0.15) is 13.2 Å². The predicted octanol–water partition coefficient (Wildman–Crippen LogP) is 4.31. The van der Waals surface area contributed by atoms with Crippen molar-refractivity contribution in [3.8, 4) is 0 Å². The first kappa shape index (κ1) is 23.1. The van der Waals surface area contributed by atoms with Gasteiger partial charge in [-0.05, 0) is 43.7 Å². The summed E-state index contributed by atoms with van der Waals surface area (Å²) in [6.45, 7) is 4.85. The van der Waals surface area contributed by atoms with Crippen molar-refractivity contribution < 1.29 is 13.2 Å². The van der Waals surface area contributed by atoms with E-state index >= 15 is 0 Å². The minimum absolute atomic E-state index is 0.0103. The molecule has 0 spiro atoms. The Morgan fingerprint density at radius 3 is 2.65 bits per heavy atom. The van der Waals surface area contributed by atoms with Crippen LogP contribution in [0.3, 0.4) is 0 Å². The van der Waals surface area contributed by atoms with Gasteiger partial charge in [0.25, 0.3) is 0 Å². The molecule has 0 aliphatic heterocycles. The maximum absolute atomic E-state index is 13.0. The summed E-state index contributed by atoms with van der Waals surface area (Å²) < 4.78 is 40.9. The standard InChI is InChI=1S/C22H31F3N6/c1-15(17-7-6-8-18(13-17)22(23,24)25)11-12-26-21(28-19-9-4-5-10-19)27-14-20-30-29-16(2)31(20)3/h6-8,13,15,19H,4-5,9-12,14H2,1-3H3,(H2,26,27,28). The third-order valence-electron chi connectivity index (χ3n) is 5.91. The molecule has 1 aromatic carbocycles. The van der Waals surface area contributed by atoms with Crippen LogP contribution < -0.4 is 10.6 Å². The van der Waals surface area contributed by atoms with Gasteiger partial charge in [0.05, 0.1) is 5.56 Å². The molecule has 31 heavy (non-hydrogen) atoms. The van der Waals surface area contributed by atoms with Gasteiger partial charge in [0.15, 0.2) is 11.8 Å².